The van der Waals surface area contributed by atoms with Gasteiger partial charge in [-0.1, -0.05) is 34.1 Å². The molecule has 2 N–H and O–H groups in total. The van der Waals surface area contributed by atoms with Crippen molar-refractivity contribution in [2.24, 2.45) is 0 Å². The SMILES string of the molecule is COc1ccc(Br)cc1S(=O)(=O)NNC(=O)c1ccccc1. The minimum Gasteiger partial charge on any atom is -0.495 e. The van der Waals surface area contributed by atoms with E-state index < -0.39 is 15.9 Å². The fourth-order valence-electron chi connectivity index (χ4n) is 1.69. The number of sulfonamides is 1. The third-order valence-corrected chi connectivity index (χ3v) is 4.51. The van der Waals surface area contributed by atoms with Gasteiger partial charge in [0.25, 0.3) is 15.9 Å². The molecule has 116 valence electrons. The number of hydrogen-bond acceptors (Lipinski definition) is 4. The maximum atomic E-state index is 12.3. The van der Waals surface area contributed by atoms with Gasteiger partial charge in [0.1, 0.15) is 10.6 Å². The molecular weight excluding hydrogens is 372 g/mol. The lowest BCUT2D eigenvalue weighted by atomic mass is 10.2. The lowest BCUT2D eigenvalue weighted by Crippen LogP contribution is -2.41. The standard InChI is InChI=1S/C14H13BrN2O4S/c1-21-12-8-7-11(15)9-13(12)22(19,20)17-16-14(18)10-5-3-2-4-6-10/h2-9,17H,1H3,(H,16,18). The maximum Gasteiger partial charge on any atom is 0.266 e. The molecule has 0 aromatic heterocycles. The molecule has 2 rings (SSSR count). The van der Waals surface area contributed by atoms with Crippen LogP contribution in [0, 0.1) is 0 Å². The van der Waals surface area contributed by atoms with Crippen LogP contribution in [0.15, 0.2) is 57.9 Å². The number of halogens is 1. The summed E-state index contributed by atoms with van der Waals surface area (Å²) in [6, 6.07) is 12.8. The predicted molar refractivity (Wildman–Crippen MR) is 84.9 cm³/mol. The van der Waals surface area contributed by atoms with Crippen LogP contribution in [0.25, 0.3) is 0 Å². The largest absolute Gasteiger partial charge is 0.495 e. The van der Waals surface area contributed by atoms with Crippen molar-refractivity contribution in [3.05, 3.63) is 58.6 Å². The highest BCUT2D eigenvalue weighted by Crippen LogP contribution is 2.26. The van der Waals surface area contributed by atoms with Gasteiger partial charge in [-0.3, -0.25) is 10.2 Å². The monoisotopic (exact) mass is 384 g/mol. The van der Waals surface area contributed by atoms with Gasteiger partial charge in [-0.15, -0.1) is 4.83 Å². The van der Waals surface area contributed by atoms with Gasteiger partial charge < -0.3 is 4.74 Å². The smallest absolute Gasteiger partial charge is 0.266 e. The fourth-order valence-corrected chi connectivity index (χ4v) is 3.24. The molecule has 0 spiro atoms. The summed E-state index contributed by atoms with van der Waals surface area (Å²) in [6.07, 6.45) is 0. The van der Waals surface area contributed by atoms with E-state index in [1.165, 1.54) is 19.2 Å². The van der Waals surface area contributed by atoms with Crippen molar-refractivity contribution >= 4 is 31.9 Å². The van der Waals surface area contributed by atoms with Crippen LogP contribution < -0.4 is 15.0 Å². The Hall–Kier alpha value is -1.90. The Labute approximate surface area is 136 Å². The lowest BCUT2D eigenvalue weighted by molar-refractivity contribution is 0.0945. The average Bonchev–Trinajstić information content (AvgIpc) is 2.53. The van der Waals surface area contributed by atoms with Crippen LogP contribution >= 0.6 is 15.9 Å². The molecule has 0 aliphatic heterocycles. The molecule has 0 fully saturated rings. The van der Waals surface area contributed by atoms with Crippen LogP contribution in [0.3, 0.4) is 0 Å². The van der Waals surface area contributed by atoms with Gasteiger partial charge in [-0.2, -0.15) is 0 Å². The van der Waals surface area contributed by atoms with E-state index in [9.17, 15) is 13.2 Å². The number of nitrogens with one attached hydrogen (secondary N) is 2. The molecular formula is C14H13BrN2O4S. The topological polar surface area (TPSA) is 84.5 Å². The Kier molecular flexibility index (Phi) is 5.17. The summed E-state index contributed by atoms with van der Waals surface area (Å²) in [7, 11) is -2.60. The van der Waals surface area contributed by atoms with Gasteiger partial charge in [0.15, 0.2) is 0 Å². The van der Waals surface area contributed by atoms with Crippen molar-refractivity contribution in [1.29, 1.82) is 0 Å². The number of benzene rings is 2. The molecule has 1 amide bonds. The van der Waals surface area contributed by atoms with E-state index in [1.807, 2.05) is 4.83 Å². The average molecular weight is 385 g/mol. The van der Waals surface area contributed by atoms with Gasteiger partial charge in [0.2, 0.25) is 0 Å². The summed E-state index contributed by atoms with van der Waals surface area (Å²) in [6.45, 7) is 0. The van der Waals surface area contributed by atoms with Crippen molar-refractivity contribution in [2.75, 3.05) is 7.11 Å². The Balaban J connectivity index is 2.19. The second kappa shape index (κ2) is 6.91. The van der Waals surface area contributed by atoms with Crippen molar-refractivity contribution < 1.29 is 17.9 Å². The van der Waals surface area contributed by atoms with Crippen molar-refractivity contribution in [3.8, 4) is 5.75 Å². The molecule has 0 saturated heterocycles. The minimum atomic E-state index is -3.97. The first-order valence-corrected chi connectivity index (χ1v) is 8.42. The highest BCUT2D eigenvalue weighted by Gasteiger charge is 2.20. The van der Waals surface area contributed by atoms with Gasteiger partial charge in [-0.25, -0.2) is 8.42 Å². The third kappa shape index (κ3) is 3.85. The first kappa shape index (κ1) is 16.5. The molecule has 6 nitrogen and oxygen atoms in total. The predicted octanol–water partition coefficient (Wildman–Crippen LogP) is 2.08. The second-order valence-corrected chi connectivity index (χ2v) is 6.79. The molecule has 22 heavy (non-hydrogen) atoms. The number of amides is 1. The number of rotatable bonds is 5. The summed E-state index contributed by atoms with van der Waals surface area (Å²) in [5.74, 6) is -0.386. The van der Waals surface area contributed by atoms with Crippen LogP contribution in [0.2, 0.25) is 0 Å². The fraction of sp³-hybridized carbons (Fsp3) is 0.0714. The van der Waals surface area contributed by atoms with Crippen molar-refractivity contribution in [3.63, 3.8) is 0 Å². The second-order valence-electron chi connectivity index (χ2n) is 4.22. The van der Waals surface area contributed by atoms with Crippen molar-refractivity contribution in [2.45, 2.75) is 4.90 Å². The molecule has 8 heteroatoms. The Bertz CT molecular complexity index is 779. The maximum absolute atomic E-state index is 12.3. The molecule has 0 unspecified atom stereocenters. The van der Waals surface area contributed by atoms with Crippen LogP contribution in [0.4, 0.5) is 0 Å². The van der Waals surface area contributed by atoms with E-state index in [1.54, 1.807) is 36.4 Å². The van der Waals surface area contributed by atoms with E-state index >= 15 is 0 Å². The quantitative estimate of drug-likeness (QED) is 0.772. The Morgan fingerprint density at radius 2 is 1.82 bits per heavy atom. The zero-order valence-electron chi connectivity index (χ0n) is 11.5. The molecule has 0 radical (unpaired) electrons. The molecule has 0 aliphatic carbocycles. The van der Waals surface area contributed by atoms with Gasteiger partial charge in [-0.05, 0) is 30.3 Å². The summed E-state index contributed by atoms with van der Waals surface area (Å²) in [5.41, 5.74) is 2.50. The van der Waals surface area contributed by atoms with E-state index in [0.29, 0.717) is 10.0 Å². The van der Waals surface area contributed by atoms with Crippen LogP contribution in [-0.2, 0) is 10.0 Å². The van der Waals surface area contributed by atoms with Crippen molar-refractivity contribution in [1.82, 2.24) is 10.3 Å². The number of carbonyl (C=O) groups excluding carboxylic acids is 1. The zero-order valence-corrected chi connectivity index (χ0v) is 13.9. The van der Waals surface area contributed by atoms with Gasteiger partial charge >= 0.3 is 0 Å². The number of carbonyl (C=O) groups is 1. The highest BCUT2D eigenvalue weighted by atomic mass is 79.9. The zero-order chi connectivity index (χ0) is 16.2. The van der Waals surface area contributed by atoms with Gasteiger partial charge in [0.05, 0.1) is 7.11 Å². The molecule has 0 saturated carbocycles. The summed E-state index contributed by atoms with van der Waals surface area (Å²) in [4.78, 5) is 13.8. The summed E-state index contributed by atoms with van der Waals surface area (Å²) >= 11 is 3.20. The third-order valence-electron chi connectivity index (χ3n) is 2.75. The summed E-state index contributed by atoms with van der Waals surface area (Å²) in [5, 5.41) is 0. The lowest BCUT2D eigenvalue weighted by Gasteiger charge is -2.12. The number of methoxy groups -OCH3 is 1. The van der Waals surface area contributed by atoms with E-state index in [2.05, 4.69) is 21.4 Å². The molecule has 2 aromatic rings. The number of hydrazine groups is 1. The number of ether oxygens (including phenoxy) is 1. The Morgan fingerprint density at radius 1 is 1.14 bits per heavy atom. The van der Waals surface area contributed by atoms with E-state index in [4.69, 9.17) is 4.74 Å². The van der Waals surface area contributed by atoms with E-state index in [-0.39, 0.29) is 10.6 Å². The molecule has 0 aliphatic rings. The minimum absolute atomic E-state index is 0.0854. The molecule has 0 heterocycles. The highest BCUT2D eigenvalue weighted by molar-refractivity contribution is 9.10. The first-order valence-electron chi connectivity index (χ1n) is 6.15. The molecule has 0 atom stereocenters. The van der Waals surface area contributed by atoms with Crippen LogP contribution in [0.1, 0.15) is 10.4 Å². The van der Waals surface area contributed by atoms with E-state index in [0.717, 1.165) is 0 Å². The Morgan fingerprint density at radius 3 is 2.45 bits per heavy atom. The molecule has 2 aromatic carbocycles. The van der Waals surface area contributed by atoms with Crippen LogP contribution in [0.5, 0.6) is 5.75 Å². The summed E-state index contributed by atoms with van der Waals surface area (Å²) < 4.78 is 30.1. The first-order chi connectivity index (χ1) is 10.4. The van der Waals surface area contributed by atoms with Crippen LogP contribution in [-0.4, -0.2) is 21.4 Å². The number of hydrogen-bond donors (Lipinski definition) is 2. The molecule has 0 bridgehead atoms. The normalized spacial score (nSPS) is 11.0. The van der Waals surface area contributed by atoms with Gasteiger partial charge in [0, 0.05) is 10.0 Å².